The summed E-state index contributed by atoms with van der Waals surface area (Å²) in [6.07, 6.45) is 4.56. The predicted octanol–water partition coefficient (Wildman–Crippen LogP) is 1.60. The van der Waals surface area contributed by atoms with Crippen molar-refractivity contribution in [3.63, 3.8) is 0 Å². The Kier molecular flexibility index (Phi) is 10.0. The molecule has 2 rings (SSSR count). The van der Waals surface area contributed by atoms with Crippen molar-refractivity contribution in [3.05, 3.63) is 41.3 Å². The largest absolute Gasteiger partial charge is 0.474 e. The lowest BCUT2D eigenvalue weighted by Crippen LogP contribution is -2.36. The average Bonchev–Trinajstić information content (AvgIpc) is 2.68. The first-order valence-electron chi connectivity index (χ1n) is 8.37. The zero-order valence-corrected chi connectivity index (χ0v) is 17.3. The van der Waals surface area contributed by atoms with Crippen molar-refractivity contribution in [1.29, 1.82) is 10.7 Å². The van der Waals surface area contributed by atoms with E-state index in [-0.39, 0.29) is 36.3 Å². The molecule has 0 saturated carbocycles. The highest BCUT2D eigenvalue weighted by molar-refractivity contribution is 6.29. The molecule has 0 spiro atoms. The van der Waals surface area contributed by atoms with E-state index in [0.29, 0.717) is 5.15 Å². The summed E-state index contributed by atoms with van der Waals surface area (Å²) >= 11 is 5.39. The van der Waals surface area contributed by atoms with E-state index in [1.807, 2.05) is 6.07 Å². The molecule has 13 heteroatoms. The summed E-state index contributed by atoms with van der Waals surface area (Å²) < 4.78 is 10.2. The SMILES string of the molecule is CC(C)(C)OC(=O)NC(=N)c1cnc(OCCON)cn1.N#Cc1cnc(Cl)cn1. The number of halogens is 1. The summed E-state index contributed by atoms with van der Waals surface area (Å²) in [6, 6.07) is 1.82. The number of amidine groups is 1. The number of aromatic nitrogens is 4. The van der Waals surface area contributed by atoms with Crippen LogP contribution >= 0.6 is 11.6 Å². The van der Waals surface area contributed by atoms with Crippen LogP contribution in [-0.2, 0) is 9.57 Å². The van der Waals surface area contributed by atoms with E-state index in [4.69, 9.17) is 37.6 Å². The van der Waals surface area contributed by atoms with Crippen LogP contribution in [0, 0.1) is 16.7 Å². The first-order chi connectivity index (χ1) is 14.1. The molecule has 0 aliphatic rings. The molecule has 0 aromatic carbocycles. The number of carbonyl (C=O) groups is 1. The van der Waals surface area contributed by atoms with Gasteiger partial charge in [-0.1, -0.05) is 11.6 Å². The topological polar surface area (TPSA) is 182 Å². The number of rotatable bonds is 5. The molecule has 0 saturated heterocycles. The Labute approximate surface area is 177 Å². The Morgan fingerprint density at radius 2 is 1.93 bits per heavy atom. The minimum atomic E-state index is -0.727. The van der Waals surface area contributed by atoms with Crippen molar-refractivity contribution >= 4 is 23.5 Å². The number of ether oxygens (including phenoxy) is 2. The zero-order chi connectivity index (χ0) is 22.6. The minimum absolute atomic E-state index is 0.184. The molecule has 0 unspecified atom stereocenters. The maximum atomic E-state index is 11.5. The van der Waals surface area contributed by atoms with E-state index in [1.54, 1.807) is 20.8 Å². The fraction of sp³-hybridized carbons (Fsp3) is 0.353. The number of carbonyl (C=O) groups excluding carboxylic acids is 1. The van der Waals surface area contributed by atoms with Gasteiger partial charge >= 0.3 is 6.09 Å². The van der Waals surface area contributed by atoms with Crippen molar-refractivity contribution in [2.45, 2.75) is 26.4 Å². The van der Waals surface area contributed by atoms with Gasteiger partial charge in [-0.2, -0.15) is 5.26 Å². The van der Waals surface area contributed by atoms with Crippen LogP contribution in [0.15, 0.2) is 24.8 Å². The van der Waals surface area contributed by atoms with Crippen LogP contribution in [0.3, 0.4) is 0 Å². The van der Waals surface area contributed by atoms with Crippen molar-refractivity contribution in [2.24, 2.45) is 5.90 Å². The molecule has 2 aromatic heterocycles. The number of hydrogen-bond donors (Lipinski definition) is 3. The van der Waals surface area contributed by atoms with Gasteiger partial charge in [0.05, 0.1) is 24.8 Å². The summed E-state index contributed by atoms with van der Waals surface area (Å²) in [6.45, 7) is 5.64. The molecule has 0 atom stereocenters. The summed E-state index contributed by atoms with van der Waals surface area (Å²) in [5.74, 6) is 4.90. The van der Waals surface area contributed by atoms with Gasteiger partial charge in [-0.3, -0.25) is 10.7 Å². The molecular weight excluding hydrogens is 416 g/mol. The molecule has 160 valence electrons. The van der Waals surface area contributed by atoms with Crippen LogP contribution in [0.5, 0.6) is 5.88 Å². The van der Waals surface area contributed by atoms with Crippen molar-refractivity contribution in [2.75, 3.05) is 13.2 Å². The average molecular weight is 437 g/mol. The van der Waals surface area contributed by atoms with E-state index in [9.17, 15) is 4.79 Å². The first-order valence-corrected chi connectivity index (χ1v) is 8.75. The molecule has 0 fully saturated rings. The smallest absolute Gasteiger partial charge is 0.413 e. The fourth-order valence-electron chi connectivity index (χ4n) is 1.55. The van der Waals surface area contributed by atoms with Crippen LogP contribution in [0.1, 0.15) is 32.2 Å². The molecule has 4 N–H and O–H groups in total. The Morgan fingerprint density at radius 1 is 1.20 bits per heavy atom. The lowest BCUT2D eigenvalue weighted by Gasteiger charge is -2.19. The Morgan fingerprint density at radius 3 is 2.43 bits per heavy atom. The molecule has 0 aliphatic carbocycles. The van der Waals surface area contributed by atoms with Gasteiger partial charge in [0.1, 0.15) is 35.7 Å². The lowest BCUT2D eigenvalue weighted by molar-refractivity contribution is 0.0563. The Hall–Kier alpha value is -3.40. The van der Waals surface area contributed by atoms with Crippen LogP contribution in [0.4, 0.5) is 4.79 Å². The van der Waals surface area contributed by atoms with Gasteiger partial charge in [0, 0.05) is 0 Å². The third-order valence-corrected chi connectivity index (χ3v) is 2.89. The van der Waals surface area contributed by atoms with Gasteiger partial charge in [0.15, 0.2) is 11.5 Å². The highest BCUT2D eigenvalue weighted by atomic mass is 35.5. The fourth-order valence-corrected chi connectivity index (χ4v) is 1.65. The van der Waals surface area contributed by atoms with Gasteiger partial charge in [-0.25, -0.2) is 30.6 Å². The van der Waals surface area contributed by atoms with Crippen LogP contribution < -0.4 is 16.0 Å². The van der Waals surface area contributed by atoms with Gasteiger partial charge in [-0.05, 0) is 20.8 Å². The maximum absolute atomic E-state index is 11.5. The van der Waals surface area contributed by atoms with E-state index in [2.05, 4.69) is 30.1 Å². The van der Waals surface area contributed by atoms with E-state index in [1.165, 1.54) is 24.8 Å². The van der Waals surface area contributed by atoms with Gasteiger partial charge in [0.25, 0.3) is 0 Å². The van der Waals surface area contributed by atoms with E-state index in [0.717, 1.165) is 0 Å². The predicted molar refractivity (Wildman–Crippen MR) is 106 cm³/mol. The standard InChI is InChI=1S/C12H19N5O4.C5H2ClN3/c1-12(2,3)21-11(18)17-10(13)8-6-16-9(7-15-8)19-4-5-20-14;6-5-3-8-4(1-7)2-9-5/h6-7H,4-5,14H2,1-3H3,(H2,13,17,18);2-3H. The molecule has 2 aromatic rings. The highest BCUT2D eigenvalue weighted by Gasteiger charge is 2.18. The Bertz CT molecular complexity index is 863. The second-order valence-electron chi connectivity index (χ2n) is 6.30. The third kappa shape index (κ3) is 10.2. The number of nitrogens with two attached hydrogens (primary N) is 1. The number of nitriles is 1. The molecule has 1 amide bonds. The molecule has 0 bridgehead atoms. The lowest BCUT2D eigenvalue weighted by atomic mass is 10.2. The van der Waals surface area contributed by atoms with Crippen LogP contribution in [0.25, 0.3) is 0 Å². The molecule has 12 nitrogen and oxygen atoms in total. The molecular formula is C17H21ClN8O4. The number of amides is 1. The maximum Gasteiger partial charge on any atom is 0.413 e. The normalized spacial score (nSPS) is 10.1. The Balaban J connectivity index is 0.000000414. The van der Waals surface area contributed by atoms with Gasteiger partial charge in [0.2, 0.25) is 5.88 Å². The van der Waals surface area contributed by atoms with E-state index < -0.39 is 11.7 Å². The summed E-state index contributed by atoms with van der Waals surface area (Å²) in [4.78, 5) is 31.0. The molecule has 0 aliphatic heterocycles. The van der Waals surface area contributed by atoms with Gasteiger partial charge in [-0.15, -0.1) is 0 Å². The number of alkyl carbamates (subject to hydrolysis) is 1. The number of nitrogens with one attached hydrogen (secondary N) is 2. The van der Waals surface area contributed by atoms with Gasteiger partial charge < -0.3 is 14.3 Å². The highest BCUT2D eigenvalue weighted by Crippen LogP contribution is 2.07. The number of nitrogens with zero attached hydrogens (tertiary/aromatic N) is 5. The van der Waals surface area contributed by atoms with Crippen LogP contribution in [-0.4, -0.2) is 50.7 Å². The van der Waals surface area contributed by atoms with Crippen LogP contribution in [0.2, 0.25) is 5.15 Å². The molecule has 2 heterocycles. The zero-order valence-electron chi connectivity index (χ0n) is 16.5. The number of hydrogen-bond acceptors (Lipinski definition) is 11. The molecule has 30 heavy (non-hydrogen) atoms. The second kappa shape index (κ2) is 12.2. The molecule has 0 radical (unpaired) electrons. The quantitative estimate of drug-likeness (QED) is 0.269. The van der Waals surface area contributed by atoms with Crippen molar-refractivity contribution in [1.82, 2.24) is 25.3 Å². The van der Waals surface area contributed by atoms with Crippen molar-refractivity contribution in [3.8, 4) is 11.9 Å². The van der Waals surface area contributed by atoms with Crippen molar-refractivity contribution < 1.29 is 19.1 Å². The summed E-state index contributed by atoms with van der Waals surface area (Å²) in [5, 5.41) is 18.5. The third-order valence-electron chi connectivity index (χ3n) is 2.70. The minimum Gasteiger partial charge on any atom is -0.474 e. The monoisotopic (exact) mass is 436 g/mol. The first kappa shape index (κ1) is 24.6. The summed E-state index contributed by atoms with van der Waals surface area (Å²) in [5.41, 5.74) is -0.179. The second-order valence-corrected chi connectivity index (χ2v) is 6.68. The summed E-state index contributed by atoms with van der Waals surface area (Å²) in [7, 11) is 0. The van der Waals surface area contributed by atoms with E-state index >= 15 is 0 Å².